The van der Waals surface area contributed by atoms with Gasteiger partial charge in [-0.15, -0.1) is 0 Å². The van der Waals surface area contributed by atoms with Gasteiger partial charge in [-0.05, 0) is 12.1 Å². The predicted octanol–water partition coefficient (Wildman–Crippen LogP) is 1.30. The van der Waals surface area contributed by atoms with Crippen molar-refractivity contribution in [3.05, 3.63) is 36.7 Å². The molecule has 0 bridgehead atoms. The van der Waals surface area contributed by atoms with Crippen molar-refractivity contribution in [2.75, 3.05) is 16.8 Å². The van der Waals surface area contributed by atoms with E-state index < -0.39 is 0 Å². The SMILES string of the molecule is CN1c2ccccc2N2C=CNC12. The molecule has 0 amide bonds. The van der Waals surface area contributed by atoms with Gasteiger partial charge in [0.2, 0.25) is 0 Å². The Morgan fingerprint density at radius 3 is 2.85 bits per heavy atom. The van der Waals surface area contributed by atoms with E-state index >= 15 is 0 Å². The smallest absolute Gasteiger partial charge is 0.182 e. The molecular weight excluding hydrogens is 162 g/mol. The monoisotopic (exact) mass is 173 g/mol. The zero-order chi connectivity index (χ0) is 8.84. The maximum Gasteiger partial charge on any atom is 0.182 e. The molecule has 2 aliphatic heterocycles. The average molecular weight is 173 g/mol. The summed E-state index contributed by atoms with van der Waals surface area (Å²) >= 11 is 0. The van der Waals surface area contributed by atoms with E-state index in [2.05, 4.69) is 52.6 Å². The second-order valence-corrected chi connectivity index (χ2v) is 3.36. The Labute approximate surface area is 77.3 Å². The van der Waals surface area contributed by atoms with Crippen molar-refractivity contribution in [2.45, 2.75) is 6.29 Å². The average Bonchev–Trinajstić information content (AvgIpc) is 2.72. The van der Waals surface area contributed by atoms with Gasteiger partial charge in [0.25, 0.3) is 0 Å². The predicted molar refractivity (Wildman–Crippen MR) is 53.4 cm³/mol. The van der Waals surface area contributed by atoms with Gasteiger partial charge in [-0.3, -0.25) is 0 Å². The number of para-hydroxylation sites is 2. The minimum atomic E-state index is 0.275. The number of hydrogen-bond donors (Lipinski definition) is 1. The lowest BCUT2D eigenvalue weighted by molar-refractivity contribution is 0.639. The lowest BCUT2D eigenvalue weighted by Crippen LogP contribution is -2.43. The minimum absolute atomic E-state index is 0.275. The third-order valence-electron chi connectivity index (χ3n) is 2.65. The highest BCUT2D eigenvalue weighted by Crippen LogP contribution is 2.38. The number of fused-ring (bicyclic) bond motifs is 3. The van der Waals surface area contributed by atoms with Crippen LogP contribution in [0.4, 0.5) is 11.4 Å². The first-order valence-electron chi connectivity index (χ1n) is 4.41. The molecule has 3 heteroatoms. The fraction of sp³-hybridized carbons (Fsp3) is 0.200. The van der Waals surface area contributed by atoms with E-state index in [1.54, 1.807) is 0 Å². The van der Waals surface area contributed by atoms with E-state index in [0.29, 0.717) is 0 Å². The third kappa shape index (κ3) is 0.736. The molecule has 13 heavy (non-hydrogen) atoms. The summed E-state index contributed by atoms with van der Waals surface area (Å²) < 4.78 is 0. The Balaban J connectivity index is 2.18. The summed E-state index contributed by atoms with van der Waals surface area (Å²) in [7, 11) is 2.10. The molecule has 0 spiro atoms. The number of rotatable bonds is 0. The van der Waals surface area contributed by atoms with Gasteiger partial charge in [0.1, 0.15) is 0 Å². The summed E-state index contributed by atoms with van der Waals surface area (Å²) in [4.78, 5) is 4.46. The standard InChI is InChI=1S/C10H11N3/c1-12-8-4-2-3-5-9(8)13-7-6-11-10(12)13/h2-7,10-11H,1H3. The molecule has 0 saturated heterocycles. The summed E-state index contributed by atoms with van der Waals surface area (Å²) in [5.74, 6) is 0. The topological polar surface area (TPSA) is 18.5 Å². The minimum Gasteiger partial charge on any atom is -0.353 e. The molecule has 2 heterocycles. The van der Waals surface area contributed by atoms with Crippen molar-refractivity contribution in [1.82, 2.24) is 5.32 Å². The van der Waals surface area contributed by atoms with Crippen molar-refractivity contribution in [2.24, 2.45) is 0 Å². The van der Waals surface area contributed by atoms with E-state index in [1.165, 1.54) is 11.4 Å². The summed E-state index contributed by atoms with van der Waals surface area (Å²) in [5, 5.41) is 3.29. The van der Waals surface area contributed by atoms with Gasteiger partial charge < -0.3 is 15.1 Å². The Morgan fingerprint density at radius 1 is 1.23 bits per heavy atom. The zero-order valence-corrected chi connectivity index (χ0v) is 7.44. The maximum atomic E-state index is 3.29. The van der Waals surface area contributed by atoms with Crippen LogP contribution in [-0.4, -0.2) is 13.3 Å². The van der Waals surface area contributed by atoms with Gasteiger partial charge in [0.15, 0.2) is 6.29 Å². The molecule has 3 nitrogen and oxygen atoms in total. The highest BCUT2D eigenvalue weighted by molar-refractivity contribution is 5.78. The van der Waals surface area contributed by atoms with Gasteiger partial charge in [-0.1, -0.05) is 12.1 Å². The van der Waals surface area contributed by atoms with Crippen LogP contribution in [-0.2, 0) is 0 Å². The van der Waals surface area contributed by atoms with E-state index in [-0.39, 0.29) is 6.29 Å². The fourth-order valence-corrected chi connectivity index (χ4v) is 1.99. The zero-order valence-electron chi connectivity index (χ0n) is 7.44. The van der Waals surface area contributed by atoms with Gasteiger partial charge in [0.05, 0.1) is 11.4 Å². The molecule has 1 atom stereocenters. The molecular formula is C10H11N3. The molecule has 66 valence electrons. The van der Waals surface area contributed by atoms with Crippen LogP contribution < -0.4 is 15.1 Å². The first kappa shape index (κ1) is 6.83. The lowest BCUT2D eigenvalue weighted by Gasteiger charge is -2.22. The Kier molecular flexibility index (Phi) is 1.15. The summed E-state index contributed by atoms with van der Waals surface area (Å²) in [6, 6.07) is 8.43. The molecule has 2 aliphatic rings. The van der Waals surface area contributed by atoms with Gasteiger partial charge in [0, 0.05) is 19.4 Å². The van der Waals surface area contributed by atoms with Crippen molar-refractivity contribution in [1.29, 1.82) is 0 Å². The van der Waals surface area contributed by atoms with Crippen molar-refractivity contribution in [3.8, 4) is 0 Å². The summed E-state index contributed by atoms with van der Waals surface area (Å²) in [5.41, 5.74) is 2.56. The maximum absolute atomic E-state index is 3.29. The first-order valence-corrected chi connectivity index (χ1v) is 4.41. The Hall–Kier alpha value is -1.64. The number of benzene rings is 1. The molecule has 0 aliphatic carbocycles. The molecule has 1 unspecified atom stereocenters. The molecule has 1 aromatic carbocycles. The van der Waals surface area contributed by atoms with Gasteiger partial charge in [-0.2, -0.15) is 0 Å². The molecule has 3 rings (SSSR count). The van der Waals surface area contributed by atoms with Crippen LogP contribution in [0.1, 0.15) is 0 Å². The highest BCUT2D eigenvalue weighted by Gasteiger charge is 2.33. The van der Waals surface area contributed by atoms with Crippen molar-refractivity contribution < 1.29 is 0 Å². The third-order valence-corrected chi connectivity index (χ3v) is 2.65. The number of hydrogen-bond acceptors (Lipinski definition) is 3. The van der Waals surface area contributed by atoms with E-state index in [0.717, 1.165) is 0 Å². The van der Waals surface area contributed by atoms with Crippen LogP contribution in [0, 0.1) is 0 Å². The Morgan fingerprint density at radius 2 is 2.00 bits per heavy atom. The number of nitrogens with one attached hydrogen (secondary N) is 1. The normalized spacial score (nSPS) is 23.0. The number of nitrogens with zero attached hydrogens (tertiary/aromatic N) is 2. The van der Waals surface area contributed by atoms with Crippen LogP contribution >= 0.6 is 0 Å². The first-order chi connectivity index (χ1) is 6.38. The molecule has 1 aromatic rings. The lowest BCUT2D eigenvalue weighted by atomic mass is 10.2. The molecule has 0 saturated carbocycles. The number of anilines is 2. The summed E-state index contributed by atoms with van der Waals surface area (Å²) in [6.07, 6.45) is 4.34. The quantitative estimate of drug-likeness (QED) is 0.638. The molecule has 0 fully saturated rings. The fourth-order valence-electron chi connectivity index (χ4n) is 1.99. The van der Waals surface area contributed by atoms with Crippen molar-refractivity contribution in [3.63, 3.8) is 0 Å². The van der Waals surface area contributed by atoms with Crippen LogP contribution in [0.25, 0.3) is 0 Å². The molecule has 0 aromatic heterocycles. The van der Waals surface area contributed by atoms with E-state index in [9.17, 15) is 0 Å². The van der Waals surface area contributed by atoms with Crippen LogP contribution in [0.2, 0.25) is 0 Å². The van der Waals surface area contributed by atoms with Crippen LogP contribution in [0.5, 0.6) is 0 Å². The van der Waals surface area contributed by atoms with Crippen LogP contribution in [0.3, 0.4) is 0 Å². The highest BCUT2D eigenvalue weighted by atomic mass is 15.5. The van der Waals surface area contributed by atoms with Crippen LogP contribution in [0.15, 0.2) is 36.7 Å². The molecule has 0 radical (unpaired) electrons. The Bertz CT molecular complexity index is 372. The second-order valence-electron chi connectivity index (χ2n) is 3.36. The largest absolute Gasteiger partial charge is 0.353 e. The van der Waals surface area contributed by atoms with E-state index in [4.69, 9.17) is 0 Å². The molecule has 1 N–H and O–H groups in total. The van der Waals surface area contributed by atoms with Crippen molar-refractivity contribution >= 4 is 11.4 Å². The van der Waals surface area contributed by atoms with Gasteiger partial charge >= 0.3 is 0 Å². The second kappa shape index (κ2) is 2.19. The van der Waals surface area contributed by atoms with Gasteiger partial charge in [-0.25, -0.2) is 0 Å². The summed E-state index contributed by atoms with van der Waals surface area (Å²) in [6.45, 7) is 0. The van der Waals surface area contributed by atoms with E-state index in [1.807, 2.05) is 6.20 Å².